The quantitative estimate of drug-likeness (QED) is 0.264. The summed E-state index contributed by atoms with van der Waals surface area (Å²) in [7, 11) is 0. The lowest BCUT2D eigenvalue weighted by molar-refractivity contribution is -0.385. The van der Waals surface area contributed by atoms with Crippen LogP contribution < -0.4 is 0 Å². The van der Waals surface area contributed by atoms with Gasteiger partial charge in [0.25, 0.3) is 5.69 Å². The van der Waals surface area contributed by atoms with Gasteiger partial charge < -0.3 is 0 Å². The van der Waals surface area contributed by atoms with Crippen molar-refractivity contribution in [1.29, 1.82) is 0 Å². The van der Waals surface area contributed by atoms with Crippen molar-refractivity contribution >= 4 is 35.8 Å². The molecule has 5 heteroatoms. The van der Waals surface area contributed by atoms with E-state index in [1.807, 2.05) is 12.1 Å². The van der Waals surface area contributed by atoms with Crippen molar-refractivity contribution in [3.8, 4) is 0 Å². The number of benzene rings is 3. The first-order valence-corrected chi connectivity index (χ1v) is 10.7. The Labute approximate surface area is 194 Å². The van der Waals surface area contributed by atoms with Gasteiger partial charge in [0.2, 0.25) is 0 Å². The third-order valence-corrected chi connectivity index (χ3v) is 6.30. The number of piperidine rings is 1. The van der Waals surface area contributed by atoms with E-state index in [1.54, 1.807) is 12.1 Å². The van der Waals surface area contributed by atoms with Gasteiger partial charge in [0.1, 0.15) is 0 Å². The Hall–Kier alpha value is -3.21. The molecule has 1 aliphatic carbocycles. The predicted octanol–water partition coefficient (Wildman–Crippen LogP) is 6.60. The lowest BCUT2D eigenvalue weighted by Gasteiger charge is -2.30. The average molecular weight is 445 g/mol. The maximum absolute atomic E-state index is 11.4. The molecule has 0 saturated carbocycles. The first kappa shape index (κ1) is 22.0. The minimum Gasteiger partial charge on any atom is -0.298 e. The Kier molecular flexibility index (Phi) is 6.54. The van der Waals surface area contributed by atoms with E-state index in [0.717, 1.165) is 31.5 Å². The van der Waals surface area contributed by atoms with Crippen molar-refractivity contribution in [2.75, 3.05) is 13.1 Å². The van der Waals surface area contributed by atoms with Gasteiger partial charge in [-0.3, -0.25) is 15.0 Å². The first-order chi connectivity index (χ1) is 15.2. The highest BCUT2D eigenvalue weighted by Crippen LogP contribution is 2.38. The standard InChI is InChI=1S/C27H24N2O2.ClH/c30-29(31)26-12-6-3-9-23(26)19-28-17-15-22(16-18-28)27-24-10-4-1-7-20(24)13-14-21-8-2-5-11-25(21)27;/h1-14H,15-19H2;1H. The normalized spacial score (nSPS) is 15.4. The highest BCUT2D eigenvalue weighted by Gasteiger charge is 2.23. The molecule has 0 amide bonds. The summed E-state index contributed by atoms with van der Waals surface area (Å²) in [5.74, 6) is 0. The van der Waals surface area contributed by atoms with Gasteiger partial charge in [-0.15, -0.1) is 12.4 Å². The van der Waals surface area contributed by atoms with Crippen LogP contribution in [-0.2, 0) is 6.54 Å². The molecule has 5 rings (SSSR count). The molecule has 0 radical (unpaired) electrons. The number of nitrogens with zero attached hydrogens (tertiary/aromatic N) is 2. The summed E-state index contributed by atoms with van der Waals surface area (Å²) in [5, 5.41) is 11.4. The van der Waals surface area contributed by atoms with E-state index in [4.69, 9.17) is 0 Å². The molecular formula is C27H25ClN2O2. The van der Waals surface area contributed by atoms with Crippen molar-refractivity contribution in [2.24, 2.45) is 0 Å². The van der Waals surface area contributed by atoms with Gasteiger partial charge in [0.05, 0.1) is 4.92 Å². The maximum Gasteiger partial charge on any atom is 0.273 e. The van der Waals surface area contributed by atoms with Crippen LogP contribution in [0, 0.1) is 10.1 Å². The molecule has 1 fully saturated rings. The van der Waals surface area contributed by atoms with Crippen molar-refractivity contribution in [3.05, 3.63) is 116 Å². The van der Waals surface area contributed by atoms with E-state index < -0.39 is 0 Å². The number of halogens is 1. The molecule has 3 aromatic rings. The number of hydrogen-bond donors (Lipinski definition) is 0. The summed E-state index contributed by atoms with van der Waals surface area (Å²) >= 11 is 0. The van der Waals surface area contributed by atoms with Crippen molar-refractivity contribution in [3.63, 3.8) is 0 Å². The Morgan fingerprint density at radius 2 is 1.31 bits per heavy atom. The van der Waals surface area contributed by atoms with Crippen LogP contribution in [0.25, 0.3) is 17.7 Å². The minimum absolute atomic E-state index is 0. The third kappa shape index (κ3) is 4.24. The molecule has 4 nitrogen and oxygen atoms in total. The van der Waals surface area contributed by atoms with Gasteiger partial charge in [0, 0.05) is 31.3 Å². The van der Waals surface area contributed by atoms with E-state index in [2.05, 4.69) is 65.6 Å². The van der Waals surface area contributed by atoms with E-state index in [9.17, 15) is 10.1 Å². The van der Waals surface area contributed by atoms with Gasteiger partial charge in [0.15, 0.2) is 0 Å². The van der Waals surface area contributed by atoms with Gasteiger partial charge in [-0.05, 0) is 40.7 Å². The second-order valence-electron chi connectivity index (χ2n) is 8.15. The Morgan fingerprint density at radius 3 is 1.91 bits per heavy atom. The average Bonchev–Trinajstić information content (AvgIpc) is 2.97. The van der Waals surface area contributed by atoms with Crippen molar-refractivity contribution < 1.29 is 4.92 Å². The van der Waals surface area contributed by atoms with E-state index >= 15 is 0 Å². The molecular weight excluding hydrogens is 420 g/mol. The highest BCUT2D eigenvalue weighted by molar-refractivity contribution is 5.94. The molecule has 1 saturated heterocycles. The van der Waals surface area contributed by atoms with Crippen LogP contribution in [0.3, 0.4) is 0 Å². The van der Waals surface area contributed by atoms with Crippen molar-refractivity contribution in [1.82, 2.24) is 4.90 Å². The van der Waals surface area contributed by atoms with Gasteiger partial charge in [-0.2, -0.15) is 0 Å². The predicted molar refractivity (Wildman–Crippen MR) is 133 cm³/mol. The topological polar surface area (TPSA) is 46.4 Å². The fraction of sp³-hybridized carbons (Fsp3) is 0.185. The smallest absolute Gasteiger partial charge is 0.273 e. The zero-order valence-corrected chi connectivity index (χ0v) is 18.6. The number of hydrogen-bond acceptors (Lipinski definition) is 3. The Morgan fingerprint density at radius 1 is 0.781 bits per heavy atom. The van der Waals surface area contributed by atoms with Crippen LogP contribution in [0.4, 0.5) is 5.69 Å². The number of likely N-dealkylation sites (tertiary alicyclic amines) is 1. The summed E-state index contributed by atoms with van der Waals surface area (Å²) in [5.41, 5.74) is 8.94. The maximum atomic E-state index is 11.4. The lowest BCUT2D eigenvalue weighted by Crippen LogP contribution is -2.31. The summed E-state index contributed by atoms with van der Waals surface area (Å²) in [6.07, 6.45) is 6.37. The molecule has 0 bridgehead atoms. The summed E-state index contributed by atoms with van der Waals surface area (Å²) in [6, 6.07) is 24.3. The van der Waals surface area contributed by atoms with E-state index in [0.29, 0.717) is 6.54 Å². The molecule has 0 spiro atoms. The number of nitro benzene ring substituents is 1. The second kappa shape index (κ2) is 9.51. The summed E-state index contributed by atoms with van der Waals surface area (Å²) < 4.78 is 0. The number of para-hydroxylation sites is 1. The molecule has 1 aliphatic heterocycles. The molecule has 3 aromatic carbocycles. The molecule has 2 aliphatic rings. The fourth-order valence-electron chi connectivity index (χ4n) is 4.74. The lowest BCUT2D eigenvalue weighted by atomic mass is 9.86. The largest absolute Gasteiger partial charge is 0.298 e. The van der Waals surface area contributed by atoms with Crippen LogP contribution in [0.2, 0.25) is 0 Å². The Bertz CT molecular complexity index is 1150. The molecule has 162 valence electrons. The van der Waals surface area contributed by atoms with Gasteiger partial charge in [-0.1, -0.05) is 84.5 Å². The summed E-state index contributed by atoms with van der Waals surface area (Å²) in [6.45, 7) is 2.43. The zero-order valence-electron chi connectivity index (χ0n) is 17.7. The molecule has 0 aromatic heterocycles. The van der Waals surface area contributed by atoms with Crippen LogP contribution in [0.5, 0.6) is 0 Å². The second-order valence-corrected chi connectivity index (χ2v) is 8.15. The van der Waals surface area contributed by atoms with Crippen molar-refractivity contribution in [2.45, 2.75) is 19.4 Å². The van der Waals surface area contributed by atoms with E-state index in [-0.39, 0.29) is 23.0 Å². The molecule has 0 unspecified atom stereocenters. The van der Waals surface area contributed by atoms with Crippen LogP contribution in [0.15, 0.2) is 78.4 Å². The van der Waals surface area contributed by atoms with Crippen LogP contribution in [-0.4, -0.2) is 22.9 Å². The summed E-state index contributed by atoms with van der Waals surface area (Å²) in [4.78, 5) is 13.4. The Balaban J connectivity index is 0.00000245. The minimum atomic E-state index is -0.279. The zero-order chi connectivity index (χ0) is 21.2. The van der Waals surface area contributed by atoms with Crippen LogP contribution >= 0.6 is 12.4 Å². The van der Waals surface area contributed by atoms with E-state index in [1.165, 1.54) is 33.4 Å². The number of fused-ring (bicyclic) bond motifs is 2. The third-order valence-electron chi connectivity index (χ3n) is 6.30. The SMILES string of the molecule is Cl.O=[N+]([O-])c1ccccc1CN1CCC(=C2c3ccccc3C=Cc3ccccc32)CC1. The molecule has 0 atom stereocenters. The fourth-order valence-corrected chi connectivity index (χ4v) is 4.74. The highest BCUT2D eigenvalue weighted by atomic mass is 35.5. The number of nitro groups is 1. The molecule has 0 N–H and O–H groups in total. The monoisotopic (exact) mass is 444 g/mol. The molecule has 1 heterocycles. The van der Waals surface area contributed by atoms with Crippen LogP contribution in [0.1, 0.15) is 40.7 Å². The van der Waals surface area contributed by atoms with Gasteiger partial charge in [-0.25, -0.2) is 0 Å². The molecule has 32 heavy (non-hydrogen) atoms. The number of rotatable bonds is 3. The first-order valence-electron chi connectivity index (χ1n) is 10.7. The van der Waals surface area contributed by atoms with Gasteiger partial charge >= 0.3 is 0 Å².